The van der Waals surface area contributed by atoms with E-state index in [1.807, 2.05) is 6.07 Å². The van der Waals surface area contributed by atoms with Gasteiger partial charge in [0.2, 0.25) is 0 Å². The van der Waals surface area contributed by atoms with Crippen LogP contribution in [0.15, 0.2) is 36.7 Å². The molecule has 0 bridgehead atoms. The van der Waals surface area contributed by atoms with Crippen molar-refractivity contribution < 1.29 is 14.3 Å². The van der Waals surface area contributed by atoms with E-state index in [4.69, 9.17) is 16.3 Å². The summed E-state index contributed by atoms with van der Waals surface area (Å²) in [5.41, 5.74) is 0.708. The predicted molar refractivity (Wildman–Crippen MR) is 96.5 cm³/mol. The lowest BCUT2D eigenvalue weighted by Crippen LogP contribution is -2.14. The maximum absolute atomic E-state index is 11.8. The minimum atomic E-state index is -0.659. The van der Waals surface area contributed by atoms with Crippen molar-refractivity contribution in [1.82, 2.24) is 20.0 Å². The normalized spacial score (nSPS) is 10.5. The van der Waals surface area contributed by atoms with Gasteiger partial charge in [0, 0.05) is 28.6 Å². The lowest BCUT2D eigenvalue weighted by molar-refractivity contribution is 0.101. The molecule has 1 N–H and O–H groups in total. The van der Waals surface area contributed by atoms with Crippen molar-refractivity contribution in [3.63, 3.8) is 0 Å². The first-order chi connectivity index (χ1) is 12.5. The molecule has 8 nitrogen and oxygen atoms in total. The van der Waals surface area contributed by atoms with E-state index in [9.17, 15) is 9.59 Å². The molecule has 3 rings (SSSR count). The van der Waals surface area contributed by atoms with Gasteiger partial charge in [-0.3, -0.25) is 10.1 Å². The minimum Gasteiger partial charge on any atom is -0.444 e. The summed E-state index contributed by atoms with van der Waals surface area (Å²) in [5, 5.41) is 11.7. The molecule has 0 atom stereocenters. The molecular weight excluding hydrogens is 378 g/mol. The number of halogens is 1. The van der Waals surface area contributed by atoms with Crippen LogP contribution in [0.3, 0.4) is 0 Å². The molecule has 10 heteroatoms. The summed E-state index contributed by atoms with van der Waals surface area (Å²) in [7, 11) is 0. The number of amides is 1. The largest absolute Gasteiger partial charge is 0.444 e. The van der Waals surface area contributed by atoms with Gasteiger partial charge in [0.05, 0.1) is 12.7 Å². The molecule has 1 amide bonds. The maximum atomic E-state index is 11.8. The van der Waals surface area contributed by atoms with Gasteiger partial charge in [0.25, 0.3) is 0 Å². The number of hydrogen-bond donors (Lipinski definition) is 1. The van der Waals surface area contributed by atoms with Gasteiger partial charge >= 0.3 is 6.09 Å². The number of hydrogen-bond acceptors (Lipinski definition) is 7. The number of ketones is 1. The van der Waals surface area contributed by atoms with Crippen LogP contribution in [0.25, 0.3) is 0 Å². The van der Waals surface area contributed by atoms with Crippen LogP contribution in [-0.4, -0.2) is 31.9 Å². The first-order valence-corrected chi connectivity index (χ1v) is 8.73. The van der Waals surface area contributed by atoms with Gasteiger partial charge in [-0.05, 0) is 6.07 Å². The number of nitrogens with one attached hydrogen (secondary N) is 1. The van der Waals surface area contributed by atoms with Crippen molar-refractivity contribution in [3.8, 4) is 0 Å². The topological polar surface area (TPSA) is 99.0 Å². The van der Waals surface area contributed by atoms with Crippen LogP contribution < -0.4 is 5.32 Å². The van der Waals surface area contributed by atoms with Crippen LogP contribution >= 0.6 is 22.9 Å². The molecule has 0 saturated heterocycles. The Kier molecular flexibility index (Phi) is 5.59. The van der Waals surface area contributed by atoms with Gasteiger partial charge in [-0.1, -0.05) is 29.8 Å². The van der Waals surface area contributed by atoms with Crippen LogP contribution in [-0.2, 0) is 17.9 Å². The lowest BCUT2D eigenvalue weighted by atomic mass is 10.2. The lowest BCUT2D eigenvalue weighted by Gasteiger charge is -2.06. The predicted octanol–water partition coefficient (Wildman–Crippen LogP) is 3.39. The number of nitrogens with zero attached hydrogens (tertiary/aromatic N) is 4. The van der Waals surface area contributed by atoms with Gasteiger partial charge in [-0.2, -0.15) is 9.90 Å². The Hall–Kier alpha value is -2.78. The van der Waals surface area contributed by atoms with Crippen molar-refractivity contribution >= 4 is 40.6 Å². The second kappa shape index (κ2) is 8.07. The SMILES string of the molecule is CC(=O)c1ncc(Cn2ncc(NC(=O)OCc3ccccc3Cl)n2)s1. The number of thiazole rings is 1. The van der Waals surface area contributed by atoms with Gasteiger partial charge in [0.1, 0.15) is 6.61 Å². The van der Waals surface area contributed by atoms with Crippen LogP contribution in [0.5, 0.6) is 0 Å². The highest BCUT2D eigenvalue weighted by Gasteiger charge is 2.11. The first-order valence-electron chi connectivity index (χ1n) is 7.54. The Morgan fingerprint density at radius 1 is 1.31 bits per heavy atom. The average Bonchev–Trinajstić information content (AvgIpc) is 3.24. The number of carbonyl (C=O) groups is 2. The molecular formula is C16H14ClN5O3S. The number of carbonyl (C=O) groups excluding carboxylic acids is 2. The molecule has 0 saturated carbocycles. The van der Waals surface area contributed by atoms with Crippen molar-refractivity contribution in [2.45, 2.75) is 20.1 Å². The van der Waals surface area contributed by atoms with Crippen molar-refractivity contribution in [3.05, 3.63) is 57.1 Å². The molecule has 26 heavy (non-hydrogen) atoms. The Morgan fingerprint density at radius 2 is 2.12 bits per heavy atom. The van der Waals surface area contributed by atoms with E-state index in [0.717, 1.165) is 4.88 Å². The molecule has 2 aromatic heterocycles. The Labute approximate surface area is 157 Å². The molecule has 0 aliphatic heterocycles. The monoisotopic (exact) mass is 391 g/mol. The molecule has 0 fully saturated rings. The summed E-state index contributed by atoms with van der Waals surface area (Å²) >= 11 is 7.29. The third kappa shape index (κ3) is 4.64. The summed E-state index contributed by atoms with van der Waals surface area (Å²) in [4.78, 5) is 29.4. The zero-order valence-corrected chi connectivity index (χ0v) is 15.3. The summed E-state index contributed by atoms with van der Waals surface area (Å²) in [6, 6.07) is 7.11. The standard InChI is InChI=1S/C16H14ClN5O3S/c1-10(23)15-18-6-12(26-15)8-22-19-7-14(21-22)20-16(24)25-9-11-4-2-3-5-13(11)17/h2-7H,8-9H2,1H3,(H,20,21,24). The molecule has 134 valence electrons. The first kappa shape index (κ1) is 18.0. The van der Waals surface area contributed by atoms with Gasteiger partial charge < -0.3 is 4.74 Å². The Morgan fingerprint density at radius 3 is 2.85 bits per heavy atom. The molecule has 2 heterocycles. The third-order valence-corrected chi connectivity index (χ3v) is 4.69. The van der Waals surface area contributed by atoms with E-state index in [2.05, 4.69) is 20.5 Å². The summed E-state index contributed by atoms with van der Waals surface area (Å²) in [6.45, 7) is 1.86. The van der Waals surface area contributed by atoms with Crippen LogP contribution in [0, 0.1) is 0 Å². The summed E-state index contributed by atoms with van der Waals surface area (Å²) in [6.07, 6.45) is 2.35. The molecule has 3 aromatic rings. The van der Waals surface area contributed by atoms with Crippen molar-refractivity contribution in [1.29, 1.82) is 0 Å². The van der Waals surface area contributed by atoms with Crippen LogP contribution in [0.2, 0.25) is 5.02 Å². The molecule has 0 radical (unpaired) electrons. The van der Waals surface area contributed by atoms with Gasteiger partial charge in [0.15, 0.2) is 16.6 Å². The fraction of sp³-hybridized carbons (Fsp3) is 0.188. The highest BCUT2D eigenvalue weighted by molar-refractivity contribution is 7.13. The van der Waals surface area contributed by atoms with E-state index in [1.54, 1.807) is 24.4 Å². The highest BCUT2D eigenvalue weighted by Crippen LogP contribution is 2.16. The van der Waals surface area contributed by atoms with E-state index in [0.29, 0.717) is 22.1 Å². The zero-order valence-electron chi connectivity index (χ0n) is 13.7. The average molecular weight is 392 g/mol. The van der Waals surface area contributed by atoms with Gasteiger partial charge in [-0.25, -0.2) is 9.78 Å². The number of ether oxygens (including phenoxy) is 1. The van der Waals surface area contributed by atoms with E-state index in [-0.39, 0.29) is 18.2 Å². The highest BCUT2D eigenvalue weighted by atomic mass is 35.5. The van der Waals surface area contributed by atoms with Crippen molar-refractivity contribution in [2.24, 2.45) is 0 Å². The van der Waals surface area contributed by atoms with Gasteiger partial charge in [-0.15, -0.1) is 16.4 Å². The zero-order chi connectivity index (χ0) is 18.5. The Bertz CT molecular complexity index is 939. The molecule has 0 unspecified atom stereocenters. The molecule has 0 aliphatic carbocycles. The van der Waals surface area contributed by atoms with Crippen LogP contribution in [0.4, 0.5) is 10.6 Å². The fourth-order valence-electron chi connectivity index (χ4n) is 2.01. The molecule has 0 spiro atoms. The van der Waals surface area contributed by atoms with E-state index < -0.39 is 6.09 Å². The quantitative estimate of drug-likeness (QED) is 0.646. The van der Waals surface area contributed by atoms with Crippen molar-refractivity contribution in [2.75, 3.05) is 5.32 Å². The number of Topliss-reactive ketones (excluding diaryl/α,β-unsaturated/α-hetero) is 1. The van der Waals surface area contributed by atoms with E-state index >= 15 is 0 Å². The molecule has 1 aromatic carbocycles. The number of rotatable bonds is 6. The summed E-state index contributed by atoms with van der Waals surface area (Å²) in [5.74, 6) is 0.170. The summed E-state index contributed by atoms with van der Waals surface area (Å²) < 4.78 is 5.11. The smallest absolute Gasteiger partial charge is 0.413 e. The molecule has 0 aliphatic rings. The third-order valence-electron chi connectivity index (χ3n) is 3.24. The number of aromatic nitrogens is 4. The van der Waals surface area contributed by atoms with Crippen LogP contribution in [0.1, 0.15) is 27.2 Å². The fourth-order valence-corrected chi connectivity index (χ4v) is 2.99. The Balaban J connectivity index is 1.53. The second-order valence-corrected chi connectivity index (χ2v) is 6.76. The maximum Gasteiger partial charge on any atom is 0.413 e. The number of anilines is 1. The second-order valence-electron chi connectivity index (χ2n) is 5.24. The number of benzene rings is 1. The minimum absolute atomic E-state index is 0.0499. The van der Waals surface area contributed by atoms with E-state index in [1.165, 1.54) is 29.3 Å².